The first-order valence-corrected chi connectivity index (χ1v) is 7.64. The summed E-state index contributed by atoms with van der Waals surface area (Å²) in [7, 11) is 0. The topological polar surface area (TPSA) is 24.9 Å². The predicted octanol–water partition coefficient (Wildman–Crippen LogP) is 5.42. The van der Waals surface area contributed by atoms with Crippen molar-refractivity contribution in [2.24, 2.45) is 0 Å². The van der Waals surface area contributed by atoms with E-state index in [9.17, 15) is 0 Å². The van der Waals surface area contributed by atoms with Crippen molar-refractivity contribution in [3.05, 3.63) is 52.0 Å². The van der Waals surface area contributed by atoms with Gasteiger partial charge in [-0.15, -0.1) is 0 Å². The van der Waals surface area contributed by atoms with E-state index < -0.39 is 0 Å². The summed E-state index contributed by atoms with van der Waals surface area (Å²) in [5.74, 6) is 0. The highest BCUT2D eigenvalue weighted by molar-refractivity contribution is 9.10. The number of thiazole rings is 1. The maximum absolute atomic E-state index is 4.61. The second-order valence-corrected chi connectivity index (χ2v) is 6.47. The van der Waals surface area contributed by atoms with Gasteiger partial charge >= 0.3 is 0 Å². The van der Waals surface area contributed by atoms with Crippen molar-refractivity contribution < 1.29 is 0 Å². The van der Waals surface area contributed by atoms with Crippen LogP contribution in [0.2, 0.25) is 0 Å². The van der Waals surface area contributed by atoms with E-state index in [1.54, 1.807) is 11.3 Å². The molecule has 0 aliphatic carbocycles. The maximum atomic E-state index is 4.61. The van der Waals surface area contributed by atoms with Crippen molar-refractivity contribution >= 4 is 48.3 Å². The smallest absolute Gasteiger partial charge is 0.188 e. The third-order valence-corrected chi connectivity index (χ3v) is 4.43. The normalized spacial score (nSPS) is 10.9. The standard InChI is InChI=1S/C15H13BrN2S/c1-9-7-11(16)8-10(2)14(9)18-15-17-12-5-3-4-6-13(12)19-15/h3-8H,1-2H3,(H,17,18). The van der Waals surface area contributed by atoms with Gasteiger partial charge in [-0.1, -0.05) is 39.4 Å². The molecule has 19 heavy (non-hydrogen) atoms. The quantitative estimate of drug-likeness (QED) is 0.677. The molecule has 0 aliphatic heterocycles. The van der Waals surface area contributed by atoms with Gasteiger partial charge in [0.05, 0.1) is 10.2 Å². The molecule has 0 radical (unpaired) electrons. The molecule has 0 atom stereocenters. The summed E-state index contributed by atoms with van der Waals surface area (Å²) in [6.45, 7) is 4.21. The first kappa shape index (κ1) is 12.6. The Hall–Kier alpha value is -1.39. The molecule has 2 nitrogen and oxygen atoms in total. The van der Waals surface area contributed by atoms with E-state index in [4.69, 9.17) is 0 Å². The number of para-hydroxylation sites is 1. The molecule has 0 bridgehead atoms. The molecule has 1 N–H and O–H groups in total. The zero-order valence-electron chi connectivity index (χ0n) is 10.7. The minimum absolute atomic E-state index is 0.940. The molecule has 0 spiro atoms. The van der Waals surface area contributed by atoms with Crippen LogP contribution in [0.3, 0.4) is 0 Å². The number of hydrogen-bond acceptors (Lipinski definition) is 3. The average Bonchev–Trinajstić information content (AvgIpc) is 2.76. The van der Waals surface area contributed by atoms with Gasteiger partial charge in [0.1, 0.15) is 0 Å². The summed E-state index contributed by atoms with van der Waals surface area (Å²) < 4.78 is 2.31. The monoisotopic (exact) mass is 332 g/mol. The van der Waals surface area contributed by atoms with Crippen molar-refractivity contribution in [1.29, 1.82) is 0 Å². The number of nitrogens with one attached hydrogen (secondary N) is 1. The van der Waals surface area contributed by atoms with Gasteiger partial charge in [-0.2, -0.15) is 0 Å². The molecule has 0 amide bonds. The Balaban J connectivity index is 2.01. The zero-order chi connectivity index (χ0) is 13.4. The summed E-state index contributed by atoms with van der Waals surface area (Å²) >= 11 is 5.20. The van der Waals surface area contributed by atoms with E-state index in [1.807, 2.05) is 18.2 Å². The lowest BCUT2D eigenvalue weighted by molar-refractivity contribution is 1.33. The molecule has 4 heteroatoms. The van der Waals surface area contributed by atoms with Gasteiger partial charge in [0.25, 0.3) is 0 Å². The second kappa shape index (κ2) is 4.94. The Morgan fingerprint density at radius 2 is 1.79 bits per heavy atom. The molecule has 1 aromatic heterocycles. The molecular formula is C15H13BrN2S. The van der Waals surface area contributed by atoms with E-state index in [0.717, 1.165) is 20.8 Å². The van der Waals surface area contributed by atoms with Crippen molar-refractivity contribution in [3.8, 4) is 0 Å². The molecule has 3 aromatic rings. The molecule has 0 aliphatic rings. The van der Waals surface area contributed by atoms with Gasteiger partial charge in [0.15, 0.2) is 5.13 Å². The number of hydrogen-bond donors (Lipinski definition) is 1. The molecule has 0 fully saturated rings. The van der Waals surface area contributed by atoms with Crippen LogP contribution in [0.4, 0.5) is 10.8 Å². The molecule has 96 valence electrons. The average molecular weight is 333 g/mol. The fourth-order valence-electron chi connectivity index (χ4n) is 2.14. The van der Waals surface area contributed by atoms with Crippen LogP contribution in [0.15, 0.2) is 40.9 Å². The lowest BCUT2D eigenvalue weighted by Gasteiger charge is -2.11. The molecule has 3 rings (SSSR count). The van der Waals surface area contributed by atoms with Crippen LogP contribution in [0.5, 0.6) is 0 Å². The summed E-state index contributed by atoms with van der Waals surface area (Å²) in [6.07, 6.45) is 0. The minimum atomic E-state index is 0.940. The number of nitrogens with zero attached hydrogens (tertiary/aromatic N) is 1. The van der Waals surface area contributed by atoms with Gasteiger partial charge in [-0.3, -0.25) is 0 Å². The summed E-state index contributed by atoms with van der Waals surface area (Å²) in [5.41, 5.74) is 4.61. The van der Waals surface area contributed by atoms with Gasteiger partial charge in [-0.05, 0) is 49.2 Å². The number of benzene rings is 2. The number of anilines is 2. The predicted molar refractivity (Wildman–Crippen MR) is 86.5 cm³/mol. The number of aromatic nitrogens is 1. The van der Waals surface area contributed by atoms with Crippen LogP contribution in [0.1, 0.15) is 11.1 Å². The Morgan fingerprint density at radius 1 is 1.11 bits per heavy atom. The number of aryl methyl sites for hydroxylation is 2. The Bertz CT molecular complexity index is 693. The Labute approximate surface area is 124 Å². The van der Waals surface area contributed by atoms with Gasteiger partial charge in [0, 0.05) is 10.2 Å². The molecular weight excluding hydrogens is 320 g/mol. The zero-order valence-corrected chi connectivity index (χ0v) is 13.1. The highest BCUT2D eigenvalue weighted by Gasteiger charge is 2.08. The summed E-state index contributed by atoms with van der Waals surface area (Å²) in [6, 6.07) is 12.4. The van der Waals surface area contributed by atoms with Gasteiger partial charge in [-0.25, -0.2) is 4.98 Å². The lowest BCUT2D eigenvalue weighted by Crippen LogP contribution is -1.95. The van der Waals surface area contributed by atoms with E-state index >= 15 is 0 Å². The van der Waals surface area contributed by atoms with Crippen LogP contribution in [0.25, 0.3) is 10.2 Å². The largest absolute Gasteiger partial charge is 0.331 e. The summed E-state index contributed by atoms with van der Waals surface area (Å²) in [4.78, 5) is 4.61. The van der Waals surface area contributed by atoms with Crippen LogP contribution < -0.4 is 5.32 Å². The molecule has 0 unspecified atom stereocenters. The van der Waals surface area contributed by atoms with Crippen LogP contribution >= 0.6 is 27.3 Å². The van der Waals surface area contributed by atoms with Crippen LogP contribution in [0, 0.1) is 13.8 Å². The first-order valence-electron chi connectivity index (χ1n) is 6.03. The highest BCUT2D eigenvalue weighted by Crippen LogP contribution is 2.32. The maximum Gasteiger partial charge on any atom is 0.188 e. The fraction of sp³-hybridized carbons (Fsp3) is 0.133. The van der Waals surface area contributed by atoms with E-state index in [-0.39, 0.29) is 0 Å². The summed E-state index contributed by atoms with van der Waals surface area (Å²) in [5, 5.41) is 4.38. The van der Waals surface area contributed by atoms with E-state index in [0.29, 0.717) is 0 Å². The number of halogens is 1. The highest BCUT2D eigenvalue weighted by atomic mass is 79.9. The third kappa shape index (κ3) is 2.51. The van der Waals surface area contributed by atoms with Gasteiger partial charge < -0.3 is 5.32 Å². The van der Waals surface area contributed by atoms with Gasteiger partial charge in [0.2, 0.25) is 0 Å². The second-order valence-electron chi connectivity index (χ2n) is 4.53. The SMILES string of the molecule is Cc1cc(Br)cc(C)c1Nc1nc2ccccc2s1. The molecule has 0 saturated heterocycles. The van der Waals surface area contributed by atoms with Crippen molar-refractivity contribution in [2.75, 3.05) is 5.32 Å². The first-order chi connectivity index (χ1) is 9.13. The molecule has 0 saturated carbocycles. The fourth-order valence-corrected chi connectivity index (χ4v) is 3.70. The molecule has 1 heterocycles. The van der Waals surface area contributed by atoms with Crippen LogP contribution in [-0.4, -0.2) is 4.98 Å². The van der Waals surface area contributed by atoms with E-state index in [2.05, 4.69) is 58.3 Å². The van der Waals surface area contributed by atoms with E-state index in [1.165, 1.54) is 15.8 Å². The van der Waals surface area contributed by atoms with Crippen LogP contribution in [-0.2, 0) is 0 Å². The number of fused-ring (bicyclic) bond motifs is 1. The minimum Gasteiger partial charge on any atom is -0.331 e. The lowest BCUT2D eigenvalue weighted by atomic mass is 10.1. The number of rotatable bonds is 2. The molecule has 2 aromatic carbocycles. The Morgan fingerprint density at radius 3 is 2.47 bits per heavy atom. The van der Waals surface area contributed by atoms with Crippen molar-refractivity contribution in [1.82, 2.24) is 4.98 Å². The van der Waals surface area contributed by atoms with Crippen molar-refractivity contribution in [3.63, 3.8) is 0 Å². The van der Waals surface area contributed by atoms with Crippen molar-refractivity contribution in [2.45, 2.75) is 13.8 Å². The Kier molecular flexibility index (Phi) is 3.29. The third-order valence-electron chi connectivity index (χ3n) is 3.02.